The molecular formula is C15H24O2Si. The van der Waals surface area contributed by atoms with E-state index in [2.05, 4.69) is 32.5 Å². The molecule has 0 aliphatic carbocycles. The number of rotatable bonds is 6. The van der Waals surface area contributed by atoms with Crippen LogP contribution in [0.1, 0.15) is 26.3 Å². The fourth-order valence-electron chi connectivity index (χ4n) is 2.16. The van der Waals surface area contributed by atoms with Crippen LogP contribution in [0.4, 0.5) is 0 Å². The Hall–Kier alpha value is -1.22. The van der Waals surface area contributed by atoms with Crippen molar-refractivity contribution >= 4 is 14.1 Å². The van der Waals surface area contributed by atoms with E-state index < -0.39 is 8.07 Å². The molecule has 0 aliphatic rings. The Morgan fingerprint density at radius 1 is 1.17 bits per heavy atom. The minimum Gasteiger partial charge on any atom is -0.507 e. The highest BCUT2D eigenvalue weighted by Crippen LogP contribution is 2.27. The molecule has 3 heteroatoms. The number of phenols is 1. The van der Waals surface area contributed by atoms with E-state index in [-0.39, 0.29) is 5.75 Å². The van der Waals surface area contributed by atoms with Crippen LogP contribution in [0.5, 0.6) is 11.5 Å². The number of benzene rings is 1. The number of hydrogen-bond donors (Lipinski definition) is 1. The first-order chi connectivity index (χ1) is 8.60. The lowest BCUT2D eigenvalue weighted by molar-refractivity contribution is 0.407. The Bertz CT molecular complexity index is 401. The van der Waals surface area contributed by atoms with Gasteiger partial charge in [-0.2, -0.15) is 0 Å². The molecule has 0 radical (unpaired) electrons. The molecule has 0 saturated carbocycles. The summed E-state index contributed by atoms with van der Waals surface area (Å²) in [5, 5.41) is 9.92. The van der Waals surface area contributed by atoms with Gasteiger partial charge >= 0.3 is 0 Å². The van der Waals surface area contributed by atoms with Crippen molar-refractivity contribution in [3.63, 3.8) is 0 Å². The summed E-state index contributed by atoms with van der Waals surface area (Å²) in [6.45, 7) is 6.83. The zero-order valence-corrected chi connectivity index (χ0v) is 12.9. The van der Waals surface area contributed by atoms with E-state index in [1.54, 1.807) is 13.2 Å². The zero-order chi connectivity index (χ0) is 13.6. The summed E-state index contributed by atoms with van der Waals surface area (Å²) in [6, 6.07) is 9.22. The molecule has 0 aliphatic heterocycles. The molecule has 1 aromatic rings. The third-order valence-corrected chi connectivity index (χ3v) is 9.06. The lowest BCUT2D eigenvalue weighted by atomic mass is 10.2. The van der Waals surface area contributed by atoms with Crippen molar-refractivity contribution < 1.29 is 9.84 Å². The first kappa shape index (κ1) is 14.8. The highest BCUT2D eigenvalue weighted by atomic mass is 28.3. The van der Waals surface area contributed by atoms with Gasteiger partial charge in [0.1, 0.15) is 11.5 Å². The van der Waals surface area contributed by atoms with Crippen LogP contribution in [0.25, 0.3) is 6.08 Å². The van der Waals surface area contributed by atoms with Crippen molar-refractivity contribution in [1.29, 1.82) is 0 Å². The molecule has 1 aromatic carbocycles. The van der Waals surface area contributed by atoms with Gasteiger partial charge in [-0.1, -0.05) is 50.7 Å². The van der Waals surface area contributed by atoms with E-state index in [4.69, 9.17) is 4.74 Å². The summed E-state index contributed by atoms with van der Waals surface area (Å²) in [4.78, 5) is 0. The highest BCUT2D eigenvalue weighted by molar-refractivity contribution is 6.84. The Labute approximate surface area is 111 Å². The molecule has 0 bridgehead atoms. The molecule has 0 atom stereocenters. The predicted molar refractivity (Wildman–Crippen MR) is 80.9 cm³/mol. The van der Waals surface area contributed by atoms with E-state index in [0.717, 1.165) is 5.56 Å². The highest BCUT2D eigenvalue weighted by Gasteiger charge is 2.22. The molecule has 100 valence electrons. The van der Waals surface area contributed by atoms with Gasteiger partial charge < -0.3 is 9.84 Å². The molecule has 0 heterocycles. The number of aromatic hydroxyl groups is 1. The van der Waals surface area contributed by atoms with Crippen molar-refractivity contribution in [2.75, 3.05) is 7.11 Å². The Morgan fingerprint density at radius 3 is 2.22 bits per heavy atom. The van der Waals surface area contributed by atoms with Crippen molar-refractivity contribution in [2.45, 2.75) is 38.9 Å². The molecule has 0 aromatic heterocycles. The topological polar surface area (TPSA) is 29.5 Å². The van der Waals surface area contributed by atoms with Crippen LogP contribution in [0.15, 0.2) is 23.9 Å². The van der Waals surface area contributed by atoms with Gasteiger partial charge in [0.25, 0.3) is 0 Å². The summed E-state index contributed by atoms with van der Waals surface area (Å²) in [6.07, 6.45) is 2.08. The van der Waals surface area contributed by atoms with E-state index in [1.807, 2.05) is 12.1 Å². The fraction of sp³-hybridized carbons (Fsp3) is 0.467. The third kappa shape index (κ3) is 3.39. The Balaban J connectivity index is 2.96. The van der Waals surface area contributed by atoms with Crippen molar-refractivity contribution in [3.8, 4) is 11.5 Å². The average molecular weight is 264 g/mol. The maximum atomic E-state index is 9.92. The van der Waals surface area contributed by atoms with Gasteiger partial charge in [0, 0.05) is 11.6 Å². The van der Waals surface area contributed by atoms with Gasteiger partial charge in [-0.15, -0.1) is 0 Å². The van der Waals surface area contributed by atoms with Gasteiger partial charge in [-0.25, -0.2) is 0 Å². The van der Waals surface area contributed by atoms with Gasteiger partial charge in [-0.05, 0) is 12.1 Å². The predicted octanol–water partition coefficient (Wildman–Crippen LogP) is 4.46. The summed E-state index contributed by atoms with van der Waals surface area (Å²) < 4.78 is 5.08. The van der Waals surface area contributed by atoms with Crippen molar-refractivity contribution in [1.82, 2.24) is 0 Å². The van der Waals surface area contributed by atoms with Gasteiger partial charge in [0.05, 0.1) is 15.2 Å². The number of methoxy groups -OCH3 is 1. The maximum Gasteiger partial charge on any atom is 0.126 e. The lowest BCUT2D eigenvalue weighted by Crippen LogP contribution is -2.28. The zero-order valence-electron chi connectivity index (χ0n) is 11.9. The average Bonchev–Trinajstić information content (AvgIpc) is 2.42. The SMILES string of the molecule is CC[Si](/C=C/c1ccc(OC)cc1O)(CC)CC. The second-order valence-corrected chi connectivity index (χ2v) is 9.86. The first-order valence-electron chi connectivity index (χ1n) is 6.67. The molecule has 0 saturated heterocycles. The van der Waals surface area contributed by atoms with E-state index in [0.29, 0.717) is 5.75 Å². The molecule has 18 heavy (non-hydrogen) atoms. The number of hydrogen-bond acceptors (Lipinski definition) is 2. The monoisotopic (exact) mass is 264 g/mol. The van der Waals surface area contributed by atoms with Gasteiger partial charge in [-0.3, -0.25) is 0 Å². The molecular weight excluding hydrogens is 240 g/mol. The molecule has 0 amide bonds. The quantitative estimate of drug-likeness (QED) is 0.769. The number of phenolic OH excluding ortho intramolecular Hbond substituents is 1. The second-order valence-electron chi connectivity index (χ2n) is 4.68. The van der Waals surface area contributed by atoms with E-state index in [9.17, 15) is 5.11 Å². The minimum atomic E-state index is -1.27. The van der Waals surface area contributed by atoms with Gasteiger partial charge in [0.15, 0.2) is 0 Å². The fourth-order valence-corrected chi connectivity index (χ4v) is 4.90. The summed E-state index contributed by atoms with van der Waals surface area (Å²) >= 11 is 0. The van der Waals surface area contributed by atoms with Crippen LogP contribution in [-0.2, 0) is 0 Å². The maximum absolute atomic E-state index is 9.92. The van der Waals surface area contributed by atoms with Crippen LogP contribution >= 0.6 is 0 Å². The number of ether oxygens (including phenoxy) is 1. The molecule has 0 unspecified atom stereocenters. The smallest absolute Gasteiger partial charge is 0.126 e. The van der Waals surface area contributed by atoms with Crippen molar-refractivity contribution in [2.24, 2.45) is 0 Å². The molecule has 1 rings (SSSR count). The van der Waals surface area contributed by atoms with E-state index in [1.165, 1.54) is 18.1 Å². The standard InChI is InChI=1S/C15H24O2Si/c1-5-18(6-2,7-3)11-10-13-8-9-14(17-4)12-15(13)16/h8-12,16H,5-7H2,1-4H3/b11-10+. The minimum absolute atomic E-state index is 0.289. The van der Waals surface area contributed by atoms with Crippen LogP contribution in [0, 0.1) is 0 Å². The summed E-state index contributed by atoms with van der Waals surface area (Å²) in [7, 11) is 0.337. The van der Waals surface area contributed by atoms with E-state index >= 15 is 0 Å². The summed E-state index contributed by atoms with van der Waals surface area (Å²) in [5.41, 5.74) is 3.25. The van der Waals surface area contributed by atoms with Crippen LogP contribution < -0.4 is 4.74 Å². The Morgan fingerprint density at radius 2 is 1.78 bits per heavy atom. The second kappa shape index (κ2) is 6.64. The lowest BCUT2D eigenvalue weighted by Gasteiger charge is -2.23. The van der Waals surface area contributed by atoms with Crippen LogP contribution in [0.3, 0.4) is 0 Å². The molecule has 2 nitrogen and oxygen atoms in total. The largest absolute Gasteiger partial charge is 0.507 e. The normalized spacial score (nSPS) is 12.0. The molecule has 0 fully saturated rings. The first-order valence-corrected chi connectivity index (χ1v) is 9.37. The molecule has 0 spiro atoms. The van der Waals surface area contributed by atoms with Crippen LogP contribution in [0.2, 0.25) is 18.1 Å². The van der Waals surface area contributed by atoms with Gasteiger partial charge in [0.2, 0.25) is 0 Å². The van der Waals surface area contributed by atoms with Crippen molar-refractivity contribution in [3.05, 3.63) is 29.5 Å². The third-order valence-electron chi connectivity index (χ3n) is 3.97. The summed E-state index contributed by atoms with van der Waals surface area (Å²) in [5.74, 6) is 0.978. The Kier molecular flexibility index (Phi) is 5.47. The molecule has 1 N–H and O–H groups in total. The van der Waals surface area contributed by atoms with Crippen LogP contribution in [-0.4, -0.2) is 20.3 Å².